The van der Waals surface area contributed by atoms with Gasteiger partial charge in [0.2, 0.25) is 17.7 Å². The van der Waals surface area contributed by atoms with Crippen molar-refractivity contribution in [1.82, 2.24) is 16.0 Å². The quantitative estimate of drug-likeness (QED) is 0.0592. The van der Waals surface area contributed by atoms with Crippen LogP contribution in [-0.2, 0) is 43.2 Å². The molecule has 51 heavy (non-hydrogen) atoms. The Morgan fingerprint density at radius 1 is 0.510 bits per heavy atom. The van der Waals surface area contributed by atoms with E-state index >= 15 is 0 Å². The van der Waals surface area contributed by atoms with Gasteiger partial charge in [-0.15, -0.1) is 0 Å². The molecule has 0 aliphatic carbocycles. The zero-order chi connectivity index (χ0) is 40.6. The topological polar surface area (TPSA) is 389 Å². The van der Waals surface area contributed by atoms with Gasteiger partial charge < -0.3 is 63.8 Å². The van der Waals surface area contributed by atoms with Crippen LogP contribution in [-0.4, -0.2) is 120 Å². The van der Waals surface area contributed by atoms with Crippen molar-refractivity contribution >= 4 is 53.5 Å². The van der Waals surface area contributed by atoms with Crippen LogP contribution in [0.5, 0.6) is 0 Å². The van der Waals surface area contributed by atoms with Gasteiger partial charge >= 0.3 is 35.8 Å². The summed E-state index contributed by atoms with van der Waals surface area (Å²) in [6.45, 7) is 8.57. The van der Waals surface area contributed by atoms with Crippen LogP contribution in [0.3, 0.4) is 0 Å². The Bertz CT molecular complexity index is 1180. The van der Waals surface area contributed by atoms with E-state index in [1.807, 2.05) is 20.8 Å². The van der Waals surface area contributed by atoms with Crippen LogP contribution >= 0.6 is 0 Å². The van der Waals surface area contributed by atoms with Gasteiger partial charge in [0.15, 0.2) is 0 Å². The monoisotopic (exact) mass is 738 g/mol. The van der Waals surface area contributed by atoms with Crippen molar-refractivity contribution in [3.63, 3.8) is 0 Å². The predicted octanol–water partition coefficient (Wildman–Crippen LogP) is -1.64. The maximum absolute atomic E-state index is 11.5. The van der Waals surface area contributed by atoms with E-state index in [1.165, 1.54) is 6.92 Å². The SMILES string of the molecule is CC(C)CC(NC(=O)CCC(N)C(=O)O)C(=O)O.CC(NC(=O)CCC(N)C(=O)O)C(=O)O.CCC(C)C(NC(=O)CCC(N)C(=O)O)C(=O)O. The number of nitrogens with one attached hydrogen (secondary N) is 3. The van der Waals surface area contributed by atoms with Crippen molar-refractivity contribution in [2.24, 2.45) is 29.0 Å². The lowest BCUT2D eigenvalue weighted by Gasteiger charge is -2.20. The first-order valence-corrected chi connectivity index (χ1v) is 15.9. The van der Waals surface area contributed by atoms with Gasteiger partial charge in [-0.3, -0.25) is 33.6 Å². The second-order valence-electron chi connectivity index (χ2n) is 11.9. The van der Waals surface area contributed by atoms with Crippen molar-refractivity contribution in [1.29, 1.82) is 0 Å². The first kappa shape index (κ1) is 50.5. The third-order valence-corrected chi connectivity index (χ3v) is 6.88. The molecule has 0 radical (unpaired) electrons. The van der Waals surface area contributed by atoms with Gasteiger partial charge in [0, 0.05) is 19.3 Å². The minimum absolute atomic E-state index is 0.0187. The smallest absolute Gasteiger partial charge is 0.326 e. The molecule has 7 unspecified atom stereocenters. The second-order valence-corrected chi connectivity index (χ2v) is 11.9. The molecular weight excluding hydrogens is 684 g/mol. The number of aliphatic carboxylic acids is 6. The predicted molar refractivity (Wildman–Crippen MR) is 178 cm³/mol. The zero-order valence-corrected chi connectivity index (χ0v) is 29.4. The van der Waals surface area contributed by atoms with Crippen LogP contribution in [0.15, 0.2) is 0 Å². The molecule has 0 aromatic heterocycles. The number of carboxylic acids is 6. The van der Waals surface area contributed by atoms with Crippen LogP contribution in [0, 0.1) is 11.8 Å². The summed E-state index contributed by atoms with van der Waals surface area (Å²) in [5.74, 6) is -8.48. The number of hydrogen-bond acceptors (Lipinski definition) is 12. The van der Waals surface area contributed by atoms with Gasteiger partial charge in [-0.05, 0) is 44.4 Å². The average Bonchev–Trinajstić information content (AvgIpc) is 3.02. The lowest BCUT2D eigenvalue weighted by molar-refractivity contribution is -0.143. The molecule has 0 bridgehead atoms. The minimum Gasteiger partial charge on any atom is -0.480 e. The number of rotatable bonds is 22. The van der Waals surface area contributed by atoms with E-state index in [0.717, 1.165) is 0 Å². The highest BCUT2D eigenvalue weighted by molar-refractivity contribution is 5.85. The number of carbonyl (C=O) groups excluding carboxylic acids is 3. The van der Waals surface area contributed by atoms with Crippen LogP contribution in [0.2, 0.25) is 0 Å². The van der Waals surface area contributed by atoms with Crippen LogP contribution in [0.4, 0.5) is 0 Å². The van der Waals surface area contributed by atoms with Crippen molar-refractivity contribution in [2.45, 2.75) is 122 Å². The van der Waals surface area contributed by atoms with Crippen molar-refractivity contribution < 1.29 is 73.8 Å². The number of nitrogens with two attached hydrogens (primary N) is 3. The summed E-state index contributed by atoms with van der Waals surface area (Å²) < 4.78 is 0. The number of hydrogen-bond donors (Lipinski definition) is 12. The summed E-state index contributed by atoms with van der Waals surface area (Å²) in [6.07, 6.45) is 0.572. The zero-order valence-electron chi connectivity index (χ0n) is 29.4. The molecule has 0 aliphatic heterocycles. The molecular formula is C30H54N6O15. The standard InChI is InChI=1S/2C11H20N2O5.C8H14N2O5/c1-6(2)5-8(11(17)18)13-9(14)4-3-7(12)10(15)16;1-3-6(2)9(11(17)18)13-8(14)5-4-7(12)10(15)16;1-4(7(12)13)10-6(11)3-2-5(9)8(14)15/h6-8H,3-5,12H2,1-2H3,(H,13,14)(H,15,16)(H,17,18);6-7,9H,3-5,12H2,1-2H3,(H,13,14)(H,15,16)(H,17,18);4-5H,2-3,9H2,1H3,(H,10,11)(H,12,13)(H,14,15). The fourth-order valence-corrected chi connectivity index (χ4v) is 3.49. The van der Waals surface area contributed by atoms with Gasteiger partial charge in [0.1, 0.15) is 36.3 Å². The molecule has 21 nitrogen and oxygen atoms in total. The molecule has 21 heteroatoms. The van der Waals surface area contributed by atoms with Gasteiger partial charge in [-0.1, -0.05) is 34.1 Å². The van der Waals surface area contributed by atoms with Crippen LogP contribution in [0.1, 0.15) is 86.0 Å². The van der Waals surface area contributed by atoms with Crippen molar-refractivity contribution in [3.8, 4) is 0 Å². The fraction of sp³-hybridized carbons (Fsp3) is 0.700. The third kappa shape index (κ3) is 26.6. The van der Waals surface area contributed by atoms with Gasteiger partial charge in [0.05, 0.1) is 0 Å². The lowest BCUT2D eigenvalue weighted by Crippen LogP contribution is -2.45. The summed E-state index contributed by atoms with van der Waals surface area (Å²) in [5, 5.41) is 58.7. The Morgan fingerprint density at radius 2 is 0.863 bits per heavy atom. The maximum Gasteiger partial charge on any atom is 0.326 e. The Hall–Kier alpha value is -4.89. The summed E-state index contributed by atoms with van der Waals surface area (Å²) in [7, 11) is 0. The van der Waals surface area contributed by atoms with Crippen molar-refractivity contribution in [2.75, 3.05) is 0 Å². The fourth-order valence-electron chi connectivity index (χ4n) is 3.49. The molecule has 0 saturated carbocycles. The third-order valence-electron chi connectivity index (χ3n) is 6.88. The molecule has 0 aliphatic rings. The first-order valence-electron chi connectivity index (χ1n) is 15.9. The molecule has 294 valence electrons. The highest BCUT2D eigenvalue weighted by atomic mass is 16.4. The summed E-state index contributed by atoms with van der Waals surface area (Å²) >= 11 is 0. The molecule has 0 heterocycles. The molecule has 15 N–H and O–H groups in total. The van der Waals surface area contributed by atoms with E-state index in [-0.39, 0.29) is 50.4 Å². The van der Waals surface area contributed by atoms with Crippen molar-refractivity contribution in [3.05, 3.63) is 0 Å². The molecule has 0 spiro atoms. The Labute approximate surface area is 294 Å². The second kappa shape index (κ2) is 26.9. The Morgan fingerprint density at radius 3 is 1.14 bits per heavy atom. The molecule has 0 rings (SSSR count). The summed E-state index contributed by atoms with van der Waals surface area (Å²) in [5.41, 5.74) is 15.6. The largest absolute Gasteiger partial charge is 0.480 e. The highest BCUT2D eigenvalue weighted by Crippen LogP contribution is 2.09. The maximum atomic E-state index is 11.5. The molecule has 7 atom stereocenters. The summed E-state index contributed by atoms with van der Waals surface area (Å²) in [6, 6.07) is -6.21. The molecule has 3 amide bonds. The Kier molecular flexibility index (Phi) is 26.6. The number of amides is 3. The first-order chi connectivity index (χ1) is 23.4. The van der Waals surface area contributed by atoms with E-state index < -0.39 is 89.8 Å². The van der Waals surface area contributed by atoms with E-state index in [9.17, 15) is 43.2 Å². The number of carbonyl (C=O) groups is 9. The van der Waals surface area contributed by atoms with Gasteiger partial charge in [-0.2, -0.15) is 0 Å². The molecule has 0 aromatic rings. The van der Waals surface area contributed by atoms with E-state index in [0.29, 0.717) is 12.8 Å². The average molecular weight is 739 g/mol. The molecule has 0 aromatic carbocycles. The van der Waals surface area contributed by atoms with Gasteiger partial charge in [-0.25, -0.2) is 9.59 Å². The van der Waals surface area contributed by atoms with E-state index in [2.05, 4.69) is 16.0 Å². The Balaban J connectivity index is -0.000000681. The highest BCUT2D eigenvalue weighted by Gasteiger charge is 2.26. The molecule has 0 fully saturated rings. The van der Waals surface area contributed by atoms with E-state index in [1.54, 1.807) is 6.92 Å². The van der Waals surface area contributed by atoms with Gasteiger partial charge in [0.25, 0.3) is 0 Å². The summed E-state index contributed by atoms with van der Waals surface area (Å²) in [4.78, 5) is 97.3. The molecule has 0 saturated heterocycles. The van der Waals surface area contributed by atoms with Crippen LogP contribution < -0.4 is 33.2 Å². The van der Waals surface area contributed by atoms with E-state index in [4.69, 9.17) is 47.8 Å². The lowest BCUT2D eigenvalue weighted by atomic mass is 9.99. The van der Waals surface area contributed by atoms with Crippen LogP contribution in [0.25, 0.3) is 0 Å². The normalized spacial score (nSPS) is 14.5. The minimum atomic E-state index is -1.19. The number of carboxylic acid groups (broad SMARTS) is 6.